The maximum atomic E-state index is 12.9. The average Bonchev–Trinajstić information content (AvgIpc) is 3.41. The van der Waals surface area contributed by atoms with Crippen molar-refractivity contribution in [3.8, 4) is 21.8 Å². The van der Waals surface area contributed by atoms with Crippen molar-refractivity contribution in [2.24, 2.45) is 0 Å². The third-order valence-corrected chi connectivity index (χ3v) is 8.97. The molecule has 0 aliphatic carbocycles. The number of nitrogens with one attached hydrogen (secondary N) is 1. The van der Waals surface area contributed by atoms with Crippen LogP contribution in [0.3, 0.4) is 0 Å². The first-order chi connectivity index (χ1) is 17.8. The van der Waals surface area contributed by atoms with Crippen molar-refractivity contribution < 1.29 is 13.2 Å². The molecule has 1 aromatic heterocycles. The molecule has 0 unspecified atom stereocenters. The van der Waals surface area contributed by atoms with Gasteiger partial charge in [-0.2, -0.15) is 0 Å². The van der Waals surface area contributed by atoms with E-state index < -0.39 is 9.84 Å². The summed E-state index contributed by atoms with van der Waals surface area (Å²) in [5, 5.41) is 6.18. The Hall–Kier alpha value is -3.49. The van der Waals surface area contributed by atoms with Crippen LogP contribution in [0.5, 0.6) is 0 Å². The highest BCUT2D eigenvalue weighted by Crippen LogP contribution is 2.31. The Bertz CT molecular complexity index is 1700. The van der Waals surface area contributed by atoms with Crippen LogP contribution in [0.25, 0.3) is 21.8 Å². The number of hydrogen-bond donors (Lipinski definition) is 1. The first-order valence-electron chi connectivity index (χ1n) is 11.0. The molecule has 0 bridgehead atoms. The van der Waals surface area contributed by atoms with Crippen LogP contribution in [-0.2, 0) is 9.84 Å². The zero-order valence-electron chi connectivity index (χ0n) is 19.1. The van der Waals surface area contributed by atoms with Crippen LogP contribution in [-0.4, -0.2) is 19.3 Å². The number of carbonyl (C=O) groups excluding carboxylic acids is 1. The van der Waals surface area contributed by atoms with Crippen molar-refractivity contribution >= 4 is 56.0 Å². The highest BCUT2D eigenvalue weighted by Gasteiger charge is 2.19. The van der Waals surface area contributed by atoms with Crippen LogP contribution in [0, 0.1) is 0 Å². The van der Waals surface area contributed by atoms with E-state index in [1.54, 1.807) is 17.4 Å². The zero-order chi connectivity index (χ0) is 26.0. The van der Waals surface area contributed by atoms with E-state index >= 15 is 0 Å². The lowest BCUT2D eigenvalue weighted by Gasteiger charge is -2.09. The largest absolute Gasteiger partial charge is 0.322 e. The van der Waals surface area contributed by atoms with Gasteiger partial charge in [-0.25, -0.2) is 13.4 Å². The molecular weight excluding hydrogens is 547 g/mol. The minimum absolute atomic E-state index is 0.0216. The molecule has 0 saturated heterocycles. The summed E-state index contributed by atoms with van der Waals surface area (Å²) in [5.41, 5.74) is 3.66. The second kappa shape index (κ2) is 10.5. The number of hydrogen-bond acceptors (Lipinski definition) is 5. The van der Waals surface area contributed by atoms with Gasteiger partial charge in [-0.05, 0) is 54.6 Å². The van der Waals surface area contributed by atoms with Gasteiger partial charge in [-0.1, -0.05) is 65.7 Å². The molecule has 5 rings (SSSR count). The van der Waals surface area contributed by atoms with Crippen LogP contribution < -0.4 is 5.32 Å². The summed E-state index contributed by atoms with van der Waals surface area (Å²) >= 11 is 13.4. The van der Waals surface area contributed by atoms with Gasteiger partial charge < -0.3 is 5.32 Å². The van der Waals surface area contributed by atoms with E-state index in [-0.39, 0.29) is 25.7 Å². The van der Waals surface area contributed by atoms with Crippen LogP contribution in [0.4, 0.5) is 5.69 Å². The Kier molecular flexibility index (Phi) is 7.13. The SMILES string of the molecule is O=C(Nc1cccc(-c2csc(-c3ccccc3)n2)c1)c1ccc(S(=O)(=O)c2ccc(Cl)c(Cl)c2)cc1. The van der Waals surface area contributed by atoms with E-state index in [2.05, 4.69) is 5.32 Å². The Morgan fingerprint density at radius 3 is 2.19 bits per heavy atom. The van der Waals surface area contributed by atoms with Crippen molar-refractivity contribution in [3.63, 3.8) is 0 Å². The molecule has 5 aromatic rings. The monoisotopic (exact) mass is 564 g/mol. The fourth-order valence-electron chi connectivity index (χ4n) is 3.64. The van der Waals surface area contributed by atoms with Gasteiger partial charge in [0.15, 0.2) is 0 Å². The first-order valence-corrected chi connectivity index (χ1v) is 14.2. The number of carbonyl (C=O) groups is 1. The summed E-state index contributed by atoms with van der Waals surface area (Å²) < 4.78 is 25.9. The maximum Gasteiger partial charge on any atom is 0.255 e. The topological polar surface area (TPSA) is 76.1 Å². The third-order valence-electron chi connectivity index (χ3n) is 5.57. The lowest BCUT2D eigenvalue weighted by atomic mass is 10.1. The van der Waals surface area contributed by atoms with Crippen LogP contribution >= 0.6 is 34.5 Å². The molecular formula is C28H18Cl2N2O3S2. The number of nitrogens with zero attached hydrogens (tertiary/aromatic N) is 1. The molecule has 1 amide bonds. The normalized spacial score (nSPS) is 11.3. The molecule has 0 spiro atoms. The summed E-state index contributed by atoms with van der Waals surface area (Å²) in [6, 6.07) is 27.2. The van der Waals surface area contributed by atoms with Crippen molar-refractivity contribution in [1.82, 2.24) is 4.98 Å². The van der Waals surface area contributed by atoms with Crippen molar-refractivity contribution in [1.29, 1.82) is 0 Å². The number of aromatic nitrogens is 1. The predicted molar refractivity (Wildman–Crippen MR) is 149 cm³/mol. The minimum Gasteiger partial charge on any atom is -0.322 e. The maximum absolute atomic E-state index is 12.9. The molecule has 9 heteroatoms. The molecule has 1 heterocycles. The number of thiazole rings is 1. The highest BCUT2D eigenvalue weighted by atomic mass is 35.5. The Morgan fingerprint density at radius 1 is 0.757 bits per heavy atom. The van der Waals surface area contributed by atoms with Crippen molar-refractivity contribution in [2.75, 3.05) is 5.32 Å². The number of rotatable bonds is 6. The van der Waals surface area contributed by atoms with E-state index in [4.69, 9.17) is 28.2 Å². The molecule has 37 heavy (non-hydrogen) atoms. The Labute approximate surface area is 228 Å². The standard InChI is InChI=1S/C28H18Cl2N2O3S2/c29-24-14-13-23(16-25(24)30)37(34,35)22-11-9-18(10-12-22)27(33)31-21-8-4-7-20(15-21)26-17-36-28(32-26)19-5-2-1-3-6-19/h1-17H,(H,31,33). The van der Waals surface area contributed by atoms with E-state index in [1.165, 1.54) is 42.5 Å². The smallest absolute Gasteiger partial charge is 0.255 e. The average molecular weight is 566 g/mol. The Balaban J connectivity index is 1.32. The Morgan fingerprint density at radius 2 is 1.46 bits per heavy atom. The third kappa shape index (κ3) is 5.45. The minimum atomic E-state index is -3.81. The van der Waals surface area contributed by atoms with Gasteiger partial charge >= 0.3 is 0 Å². The highest BCUT2D eigenvalue weighted by molar-refractivity contribution is 7.91. The van der Waals surface area contributed by atoms with Gasteiger partial charge in [0.05, 0.1) is 25.5 Å². The summed E-state index contributed by atoms with van der Waals surface area (Å²) in [4.78, 5) is 17.7. The number of benzene rings is 4. The quantitative estimate of drug-likeness (QED) is 0.227. The zero-order valence-corrected chi connectivity index (χ0v) is 22.2. The second-order valence-corrected chi connectivity index (χ2v) is 11.7. The van der Waals surface area contributed by atoms with Gasteiger partial charge in [0, 0.05) is 27.8 Å². The molecule has 0 aliphatic rings. The van der Waals surface area contributed by atoms with Crippen LogP contribution in [0.1, 0.15) is 10.4 Å². The molecule has 0 aliphatic heterocycles. The molecule has 5 nitrogen and oxygen atoms in total. The summed E-state index contributed by atoms with van der Waals surface area (Å²) in [6.45, 7) is 0. The summed E-state index contributed by atoms with van der Waals surface area (Å²) in [7, 11) is -3.81. The molecule has 0 fully saturated rings. The van der Waals surface area contributed by atoms with E-state index in [9.17, 15) is 13.2 Å². The molecule has 184 valence electrons. The second-order valence-electron chi connectivity index (χ2n) is 8.04. The number of halogens is 2. The lowest BCUT2D eigenvalue weighted by Crippen LogP contribution is -2.12. The summed E-state index contributed by atoms with van der Waals surface area (Å²) in [6.07, 6.45) is 0. The van der Waals surface area contributed by atoms with Gasteiger partial charge in [-0.15, -0.1) is 11.3 Å². The number of amides is 1. The molecule has 0 saturated carbocycles. The van der Waals surface area contributed by atoms with E-state index in [0.29, 0.717) is 11.3 Å². The fourth-order valence-corrected chi connectivity index (χ4v) is 6.13. The van der Waals surface area contributed by atoms with Crippen molar-refractivity contribution in [2.45, 2.75) is 9.79 Å². The molecule has 0 radical (unpaired) electrons. The van der Waals surface area contributed by atoms with Gasteiger partial charge in [0.2, 0.25) is 9.84 Å². The van der Waals surface area contributed by atoms with Gasteiger partial charge in [-0.3, -0.25) is 4.79 Å². The van der Waals surface area contributed by atoms with Crippen molar-refractivity contribution in [3.05, 3.63) is 118 Å². The molecule has 1 N–H and O–H groups in total. The first kappa shape index (κ1) is 25.2. The molecule has 0 atom stereocenters. The van der Waals surface area contributed by atoms with E-state index in [0.717, 1.165) is 21.8 Å². The molecule has 4 aromatic carbocycles. The van der Waals surface area contributed by atoms with Gasteiger partial charge in [0.25, 0.3) is 5.91 Å². The van der Waals surface area contributed by atoms with E-state index in [1.807, 2.05) is 53.9 Å². The number of anilines is 1. The number of sulfone groups is 1. The predicted octanol–water partition coefficient (Wildman–Crippen LogP) is 7.87. The lowest BCUT2D eigenvalue weighted by molar-refractivity contribution is 0.102. The van der Waals surface area contributed by atoms with Crippen LogP contribution in [0.15, 0.2) is 112 Å². The fraction of sp³-hybridized carbons (Fsp3) is 0. The van der Waals surface area contributed by atoms with Gasteiger partial charge in [0.1, 0.15) is 5.01 Å². The summed E-state index contributed by atoms with van der Waals surface area (Å²) in [5.74, 6) is -0.362. The van der Waals surface area contributed by atoms with Crippen LogP contribution in [0.2, 0.25) is 10.0 Å².